The molecule has 1 fully saturated rings. The second-order valence-electron chi connectivity index (χ2n) is 4.89. The SMILES string of the molecule is Cc1cccc(C=N[N-]C(=[SH+])NC2CCCCC2)n1.[Cl][Cu][Cl]. The van der Waals surface area contributed by atoms with Gasteiger partial charge in [0.15, 0.2) is 17.3 Å². The van der Waals surface area contributed by atoms with Crippen LogP contribution in [0.25, 0.3) is 5.43 Å². The summed E-state index contributed by atoms with van der Waals surface area (Å²) in [6.45, 7) is 1.95. The number of aryl methyl sites for hydroxylation is 1. The zero-order valence-electron chi connectivity index (χ0n) is 12.3. The Labute approximate surface area is 152 Å². The maximum absolute atomic E-state index is 4.67. The second kappa shape index (κ2) is 12.2. The Bertz CT molecular complexity index is 482. The first-order chi connectivity index (χ1) is 10.7. The van der Waals surface area contributed by atoms with Crippen LogP contribution in [-0.2, 0) is 25.4 Å². The van der Waals surface area contributed by atoms with Gasteiger partial charge in [0.25, 0.3) is 0 Å². The summed E-state index contributed by atoms with van der Waals surface area (Å²) in [5.41, 5.74) is 5.82. The van der Waals surface area contributed by atoms with E-state index in [2.05, 4.69) is 53.2 Å². The number of aromatic nitrogens is 1. The molecule has 0 aromatic carbocycles. The van der Waals surface area contributed by atoms with Crippen LogP contribution >= 0.6 is 20.2 Å². The Balaban J connectivity index is 0.000000745. The van der Waals surface area contributed by atoms with Gasteiger partial charge in [0, 0.05) is 18.0 Å². The zero-order chi connectivity index (χ0) is 16.2. The van der Waals surface area contributed by atoms with Gasteiger partial charge in [-0.25, -0.2) is 0 Å². The molecule has 1 aromatic rings. The molecule has 1 N–H and O–H groups in total. The van der Waals surface area contributed by atoms with Gasteiger partial charge in [0.05, 0.1) is 5.69 Å². The first-order valence-electron chi connectivity index (χ1n) is 6.97. The molecule has 1 aliphatic carbocycles. The van der Waals surface area contributed by atoms with Crippen molar-refractivity contribution in [2.24, 2.45) is 5.10 Å². The van der Waals surface area contributed by atoms with Crippen molar-refractivity contribution >= 4 is 43.7 Å². The van der Waals surface area contributed by atoms with Gasteiger partial charge in [0.1, 0.15) is 0 Å². The van der Waals surface area contributed by atoms with Crippen LogP contribution in [0, 0.1) is 6.92 Å². The van der Waals surface area contributed by atoms with Crippen molar-refractivity contribution in [2.45, 2.75) is 45.1 Å². The predicted molar refractivity (Wildman–Crippen MR) is 95.4 cm³/mol. The molecule has 127 valence electrons. The van der Waals surface area contributed by atoms with Gasteiger partial charge in [-0.1, -0.05) is 25.3 Å². The maximum atomic E-state index is 4.67. The summed E-state index contributed by atoms with van der Waals surface area (Å²) in [4.78, 5) is 4.32. The molecule has 0 spiro atoms. The quantitative estimate of drug-likeness (QED) is 0.206. The van der Waals surface area contributed by atoms with E-state index in [9.17, 15) is 0 Å². The van der Waals surface area contributed by atoms with Gasteiger partial charge >= 0.3 is 33.3 Å². The Morgan fingerprint density at radius 2 is 2.09 bits per heavy atom. The van der Waals surface area contributed by atoms with Gasteiger partial charge in [-0.3, -0.25) is 10.3 Å². The van der Waals surface area contributed by atoms with Crippen LogP contribution in [0.3, 0.4) is 0 Å². The molecule has 1 saturated carbocycles. The van der Waals surface area contributed by atoms with E-state index in [0.717, 1.165) is 24.5 Å². The fraction of sp³-hybridized carbons (Fsp3) is 0.500. The van der Waals surface area contributed by atoms with Crippen LogP contribution in [0.15, 0.2) is 23.3 Å². The number of halogens is 2. The van der Waals surface area contributed by atoms with E-state index in [1.807, 2.05) is 25.1 Å². The minimum atomic E-state index is 0.497. The number of hydrogen-bond acceptors (Lipinski definition) is 2. The number of nitrogens with one attached hydrogen (secondary N) is 1. The Morgan fingerprint density at radius 1 is 1.41 bits per heavy atom. The molecule has 1 heterocycles. The molecule has 0 unspecified atom stereocenters. The number of thiol groups is 1. The number of nitrogens with zero attached hydrogens (tertiary/aromatic N) is 3. The van der Waals surface area contributed by atoms with Crippen molar-refractivity contribution in [1.29, 1.82) is 0 Å². The number of rotatable bonds is 3. The summed E-state index contributed by atoms with van der Waals surface area (Å²) in [6.07, 6.45) is 7.95. The van der Waals surface area contributed by atoms with Gasteiger partial charge in [-0.15, -0.1) is 0 Å². The molecular formula is C14H20Cl2CuN4S. The third-order valence-electron chi connectivity index (χ3n) is 3.19. The number of hydrogen-bond donors (Lipinski definition) is 1. The van der Waals surface area contributed by atoms with E-state index >= 15 is 0 Å². The Kier molecular flexibility index (Phi) is 11.0. The van der Waals surface area contributed by atoms with E-state index in [-0.39, 0.29) is 0 Å². The van der Waals surface area contributed by atoms with Crippen LogP contribution in [0.1, 0.15) is 43.5 Å². The van der Waals surface area contributed by atoms with Crippen molar-refractivity contribution < 1.29 is 13.1 Å². The molecule has 0 atom stereocenters. The molecule has 0 radical (unpaired) electrons. The first-order valence-corrected chi connectivity index (χ1v) is 10.0. The van der Waals surface area contributed by atoms with Crippen molar-refractivity contribution in [1.82, 2.24) is 10.3 Å². The Morgan fingerprint density at radius 3 is 2.73 bits per heavy atom. The van der Waals surface area contributed by atoms with Crippen molar-refractivity contribution in [3.8, 4) is 0 Å². The molecule has 1 aliphatic rings. The predicted octanol–water partition coefficient (Wildman–Crippen LogP) is 3.76. The van der Waals surface area contributed by atoms with Crippen LogP contribution in [0.5, 0.6) is 0 Å². The van der Waals surface area contributed by atoms with E-state index in [1.54, 1.807) is 6.21 Å². The minimum absolute atomic E-state index is 0.497. The summed E-state index contributed by atoms with van der Waals surface area (Å²) in [5, 5.41) is 7.89. The van der Waals surface area contributed by atoms with Gasteiger partial charge in [-0.05, 0) is 31.9 Å². The summed E-state index contributed by atoms with van der Waals surface area (Å²) >= 11 is 5.07. The average Bonchev–Trinajstić information content (AvgIpc) is 2.49. The van der Waals surface area contributed by atoms with Crippen LogP contribution < -0.4 is 5.32 Å². The summed E-state index contributed by atoms with van der Waals surface area (Å²) < 4.78 is 0. The monoisotopic (exact) mass is 409 g/mol. The number of pyridine rings is 1. The second-order valence-corrected chi connectivity index (χ2v) is 6.87. The molecule has 2 rings (SSSR count). The van der Waals surface area contributed by atoms with Crippen molar-refractivity contribution in [3.05, 3.63) is 35.0 Å². The molecule has 0 amide bonds. The molecule has 8 heteroatoms. The molecule has 1 aromatic heterocycles. The topological polar surface area (TPSA) is 51.4 Å². The normalized spacial score (nSPS) is 15.4. The van der Waals surface area contributed by atoms with Crippen molar-refractivity contribution in [3.63, 3.8) is 0 Å². The van der Waals surface area contributed by atoms with Gasteiger partial charge in [0.2, 0.25) is 0 Å². The fourth-order valence-corrected chi connectivity index (χ4v) is 2.47. The molecule has 0 aliphatic heterocycles. The summed E-state index contributed by atoms with van der Waals surface area (Å²) in [7, 11) is 9.34. The van der Waals surface area contributed by atoms with E-state index in [1.165, 1.54) is 32.1 Å². The standard InChI is InChI=1S/C14H20N4S.2ClH.Cu/c1-11-6-5-9-13(16-11)10-15-18-14(19)17-12-7-3-2-4-8-12;;;/h5-6,9-10,12H,2-4,7-8H2,1H3,(H2,16,17,18,19);2*1H;/q;;;+2/p-2. The zero-order valence-corrected chi connectivity index (χ0v) is 15.6. The molecule has 4 nitrogen and oxygen atoms in total. The first kappa shape index (κ1) is 19.8. The summed E-state index contributed by atoms with van der Waals surface area (Å²) in [5.74, 6) is 0. The molecule has 22 heavy (non-hydrogen) atoms. The van der Waals surface area contributed by atoms with Gasteiger partial charge in [-0.2, -0.15) is 0 Å². The average molecular weight is 411 g/mol. The molecule has 0 saturated heterocycles. The van der Waals surface area contributed by atoms with Gasteiger partial charge < -0.3 is 10.5 Å². The van der Waals surface area contributed by atoms with Crippen LogP contribution in [0.4, 0.5) is 0 Å². The third-order valence-corrected chi connectivity index (χ3v) is 3.41. The van der Waals surface area contributed by atoms with E-state index in [0.29, 0.717) is 11.2 Å². The van der Waals surface area contributed by atoms with Crippen molar-refractivity contribution in [2.75, 3.05) is 0 Å². The van der Waals surface area contributed by atoms with E-state index < -0.39 is 0 Å². The van der Waals surface area contributed by atoms with Crippen LogP contribution in [-0.4, -0.2) is 22.4 Å². The fourth-order valence-electron chi connectivity index (χ4n) is 2.24. The summed E-state index contributed by atoms with van der Waals surface area (Å²) in [6, 6.07) is 6.31. The molecule has 0 bridgehead atoms. The van der Waals surface area contributed by atoms with E-state index in [4.69, 9.17) is 0 Å². The third kappa shape index (κ3) is 9.03. The Hall–Kier alpha value is -0.231. The molecular weight excluding hydrogens is 391 g/mol. The van der Waals surface area contributed by atoms with Crippen LogP contribution in [0.2, 0.25) is 0 Å².